The minimum Gasteiger partial charge on any atom is -0.384 e. The Bertz CT molecular complexity index is 495. The van der Waals surface area contributed by atoms with Gasteiger partial charge in [-0.1, -0.05) is 11.8 Å². The highest BCUT2D eigenvalue weighted by Gasteiger charge is 2.14. The van der Waals surface area contributed by atoms with Crippen molar-refractivity contribution in [1.29, 1.82) is 0 Å². The van der Waals surface area contributed by atoms with Crippen LogP contribution in [0.15, 0.2) is 12.1 Å². The zero-order valence-electron chi connectivity index (χ0n) is 11.4. The maximum atomic E-state index is 11.9. The van der Waals surface area contributed by atoms with Crippen LogP contribution < -0.4 is 5.32 Å². The summed E-state index contributed by atoms with van der Waals surface area (Å²) in [6.45, 7) is 1.32. The maximum Gasteiger partial charge on any atom is 0.261 e. The SMILES string of the molecule is O=C(NCCC1CCCCO1)c1ccc(C#CCO)s1. The molecule has 0 spiro atoms. The minimum atomic E-state index is -0.166. The lowest BCUT2D eigenvalue weighted by molar-refractivity contribution is 0.0117. The molecule has 20 heavy (non-hydrogen) atoms. The van der Waals surface area contributed by atoms with Crippen LogP contribution in [0, 0.1) is 11.8 Å². The van der Waals surface area contributed by atoms with E-state index >= 15 is 0 Å². The van der Waals surface area contributed by atoms with Gasteiger partial charge in [0, 0.05) is 13.2 Å². The first-order chi connectivity index (χ1) is 9.79. The Kier molecular flexibility index (Phi) is 6.06. The molecule has 5 heteroatoms. The van der Waals surface area contributed by atoms with Gasteiger partial charge in [-0.15, -0.1) is 11.3 Å². The van der Waals surface area contributed by atoms with Crippen LogP contribution in [0.25, 0.3) is 0 Å². The molecule has 1 saturated heterocycles. The molecule has 1 aliphatic heterocycles. The van der Waals surface area contributed by atoms with E-state index in [1.54, 1.807) is 12.1 Å². The molecule has 2 N–H and O–H groups in total. The van der Waals surface area contributed by atoms with Crippen LogP contribution in [-0.2, 0) is 4.74 Å². The molecule has 1 unspecified atom stereocenters. The molecule has 1 aromatic heterocycles. The topological polar surface area (TPSA) is 58.6 Å². The lowest BCUT2D eigenvalue weighted by atomic mass is 10.1. The number of hydrogen-bond acceptors (Lipinski definition) is 4. The van der Waals surface area contributed by atoms with Crippen LogP contribution >= 0.6 is 11.3 Å². The Balaban J connectivity index is 1.75. The molecule has 108 valence electrons. The van der Waals surface area contributed by atoms with Crippen molar-refractivity contribution in [2.24, 2.45) is 0 Å². The van der Waals surface area contributed by atoms with Gasteiger partial charge in [0.2, 0.25) is 0 Å². The van der Waals surface area contributed by atoms with E-state index in [1.165, 1.54) is 17.8 Å². The van der Waals surface area contributed by atoms with Crippen LogP contribution in [0.3, 0.4) is 0 Å². The number of nitrogens with one attached hydrogen (secondary N) is 1. The fourth-order valence-corrected chi connectivity index (χ4v) is 2.92. The highest BCUT2D eigenvalue weighted by Crippen LogP contribution is 2.16. The molecule has 1 atom stereocenters. The molecule has 1 amide bonds. The first-order valence-corrected chi connectivity index (χ1v) is 7.70. The van der Waals surface area contributed by atoms with Gasteiger partial charge in [0.15, 0.2) is 0 Å². The van der Waals surface area contributed by atoms with Gasteiger partial charge in [0.25, 0.3) is 5.91 Å². The summed E-state index contributed by atoms with van der Waals surface area (Å²) in [4.78, 5) is 13.4. The summed E-state index contributed by atoms with van der Waals surface area (Å²) in [5.74, 6) is 5.30. The van der Waals surface area contributed by atoms with Crippen LogP contribution in [-0.4, -0.2) is 36.9 Å². The van der Waals surface area contributed by atoms with Crippen LogP contribution in [0.2, 0.25) is 0 Å². The number of amides is 1. The Morgan fingerprint density at radius 2 is 2.40 bits per heavy atom. The zero-order valence-corrected chi connectivity index (χ0v) is 12.2. The fraction of sp³-hybridized carbons (Fsp3) is 0.533. The van der Waals surface area contributed by atoms with Crippen molar-refractivity contribution in [3.05, 3.63) is 21.9 Å². The third-order valence-electron chi connectivity index (χ3n) is 3.15. The second kappa shape index (κ2) is 8.05. The fourth-order valence-electron chi connectivity index (χ4n) is 2.12. The van der Waals surface area contributed by atoms with Gasteiger partial charge >= 0.3 is 0 Å². The lowest BCUT2D eigenvalue weighted by Gasteiger charge is -2.22. The van der Waals surface area contributed by atoms with Crippen molar-refractivity contribution >= 4 is 17.2 Å². The highest BCUT2D eigenvalue weighted by atomic mass is 32.1. The van der Waals surface area contributed by atoms with Gasteiger partial charge in [-0.05, 0) is 37.8 Å². The Morgan fingerprint density at radius 1 is 1.50 bits per heavy atom. The number of rotatable bonds is 4. The molecular formula is C15H19NO3S. The number of carbonyl (C=O) groups is 1. The molecule has 0 aliphatic carbocycles. The average Bonchev–Trinajstić information content (AvgIpc) is 2.95. The van der Waals surface area contributed by atoms with Crippen molar-refractivity contribution in [2.45, 2.75) is 31.8 Å². The third kappa shape index (κ3) is 4.64. The van der Waals surface area contributed by atoms with Crippen LogP contribution in [0.1, 0.15) is 40.2 Å². The van der Waals surface area contributed by atoms with E-state index in [1.807, 2.05) is 0 Å². The van der Waals surface area contributed by atoms with Gasteiger partial charge in [0.1, 0.15) is 6.61 Å². The van der Waals surface area contributed by atoms with E-state index in [2.05, 4.69) is 17.2 Å². The summed E-state index contributed by atoms with van der Waals surface area (Å²) in [7, 11) is 0. The summed E-state index contributed by atoms with van der Waals surface area (Å²) in [5, 5.41) is 11.5. The number of aliphatic hydroxyl groups excluding tert-OH is 1. The zero-order chi connectivity index (χ0) is 14.2. The van der Waals surface area contributed by atoms with E-state index in [-0.39, 0.29) is 12.5 Å². The van der Waals surface area contributed by atoms with Gasteiger partial charge < -0.3 is 15.2 Å². The van der Waals surface area contributed by atoms with E-state index in [4.69, 9.17) is 9.84 Å². The van der Waals surface area contributed by atoms with Gasteiger partial charge in [-0.2, -0.15) is 0 Å². The second-order valence-electron chi connectivity index (χ2n) is 4.66. The Morgan fingerprint density at radius 3 is 3.15 bits per heavy atom. The van der Waals surface area contributed by atoms with Crippen molar-refractivity contribution in [2.75, 3.05) is 19.8 Å². The molecule has 0 aromatic carbocycles. The first kappa shape index (κ1) is 15.0. The van der Waals surface area contributed by atoms with Gasteiger partial charge in [0.05, 0.1) is 15.9 Å². The summed E-state index contributed by atoms with van der Waals surface area (Å²) in [5.41, 5.74) is 0. The molecule has 4 nitrogen and oxygen atoms in total. The van der Waals surface area contributed by atoms with Crippen molar-refractivity contribution in [3.8, 4) is 11.8 Å². The van der Waals surface area contributed by atoms with Crippen molar-refractivity contribution in [3.63, 3.8) is 0 Å². The predicted molar refractivity (Wildman–Crippen MR) is 78.8 cm³/mol. The number of aliphatic hydroxyl groups is 1. The predicted octanol–water partition coefficient (Wildman–Crippen LogP) is 1.78. The number of ether oxygens (including phenoxy) is 1. The summed E-state index contributed by atoms with van der Waals surface area (Å²) in [6, 6.07) is 3.56. The van der Waals surface area contributed by atoms with Gasteiger partial charge in [-0.3, -0.25) is 4.79 Å². The summed E-state index contributed by atoms with van der Waals surface area (Å²) < 4.78 is 5.62. The summed E-state index contributed by atoms with van der Waals surface area (Å²) in [6.07, 6.45) is 4.62. The number of thiophene rings is 1. The average molecular weight is 293 g/mol. The highest BCUT2D eigenvalue weighted by molar-refractivity contribution is 7.14. The molecule has 1 aromatic rings. The van der Waals surface area contributed by atoms with Gasteiger partial charge in [-0.25, -0.2) is 0 Å². The molecule has 2 rings (SSSR count). The van der Waals surface area contributed by atoms with Crippen molar-refractivity contribution < 1.29 is 14.6 Å². The molecule has 0 bridgehead atoms. The molecule has 2 heterocycles. The molecular weight excluding hydrogens is 274 g/mol. The summed E-state index contributed by atoms with van der Waals surface area (Å²) >= 11 is 1.34. The monoisotopic (exact) mass is 293 g/mol. The van der Waals surface area contributed by atoms with E-state index < -0.39 is 0 Å². The minimum absolute atomic E-state index is 0.0668. The lowest BCUT2D eigenvalue weighted by Crippen LogP contribution is -2.28. The normalized spacial score (nSPS) is 18.1. The number of carbonyl (C=O) groups excluding carboxylic acids is 1. The maximum absolute atomic E-state index is 11.9. The smallest absolute Gasteiger partial charge is 0.261 e. The quantitative estimate of drug-likeness (QED) is 0.832. The van der Waals surface area contributed by atoms with E-state index in [0.29, 0.717) is 17.5 Å². The second-order valence-corrected chi connectivity index (χ2v) is 5.74. The molecule has 0 radical (unpaired) electrons. The first-order valence-electron chi connectivity index (χ1n) is 6.89. The Hall–Kier alpha value is -1.35. The standard InChI is InChI=1S/C15H19NO3S/c17-10-3-5-13-6-7-14(20-13)15(18)16-9-8-12-4-1-2-11-19-12/h6-7,12,17H,1-2,4,8-11H2,(H,16,18). The number of hydrogen-bond donors (Lipinski definition) is 2. The largest absolute Gasteiger partial charge is 0.384 e. The van der Waals surface area contributed by atoms with Crippen molar-refractivity contribution in [1.82, 2.24) is 5.32 Å². The molecule has 0 saturated carbocycles. The molecule has 1 aliphatic rings. The van der Waals surface area contributed by atoms with E-state index in [0.717, 1.165) is 30.7 Å². The van der Waals surface area contributed by atoms with Crippen LogP contribution in [0.4, 0.5) is 0 Å². The Labute approximate surface area is 123 Å². The molecule has 1 fully saturated rings. The van der Waals surface area contributed by atoms with E-state index in [9.17, 15) is 4.79 Å². The van der Waals surface area contributed by atoms with Crippen LogP contribution in [0.5, 0.6) is 0 Å². The third-order valence-corrected chi connectivity index (χ3v) is 4.15.